The van der Waals surface area contributed by atoms with E-state index < -0.39 is 0 Å². The van der Waals surface area contributed by atoms with Crippen LogP contribution in [0.5, 0.6) is 0 Å². The molecule has 0 saturated carbocycles. The van der Waals surface area contributed by atoms with Gasteiger partial charge >= 0.3 is 5.97 Å². The number of hydrogen-bond donors (Lipinski definition) is 2. The molecule has 6 aromatic carbocycles. The zero-order chi connectivity index (χ0) is 50.3. The number of benzene rings is 6. The van der Waals surface area contributed by atoms with Gasteiger partial charge in [0.15, 0.2) is 0 Å². The SMILES string of the molecule is CCOC(=O)COCCN1CCN(C(c2ccccc2)c2ccc(Cl)cc2)CC1.Clc1ccc(C(c2ccccc2)N2CCNCC2)cc1.OCCN1CCN(C(c2ccccc2)c2ccc(Cl)cc2)CC1. The molecular formula is C59H71Cl3N6O4. The van der Waals surface area contributed by atoms with E-state index in [0.717, 1.165) is 107 Å². The number of carbonyl (C=O) groups excluding carboxylic acids is 1. The molecule has 0 aliphatic carbocycles. The number of piperazine rings is 3. The summed E-state index contributed by atoms with van der Waals surface area (Å²) in [7, 11) is 0. The number of aliphatic hydroxyl groups is 1. The molecule has 0 bridgehead atoms. The number of aliphatic hydroxyl groups excluding tert-OH is 1. The molecule has 382 valence electrons. The lowest BCUT2D eigenvalue weighted by Gasteiger charge is -2.39. The van der Waals surface area contributed by atoms with Gasteiger partial charge in [0.2, 0.25) is 0 Å². The highest BCUT2D eigenvalue weighted by Crippen LogP contribution is 2.33. The van der Waals surface area contributed by atoms with Gasteiger partial charge in [0, 0.05) is 107 Å². The normalized spacial score (nSPS) is 17.3. The summed E-state index contributed by atoms with van der Waals surface area (Å²) >= 11 is 18.2. The van der Waals surface area contributed by atoms with Crippen molar-refractivity contribution in [1.29, 1.82) is 0 Å². The minimum absolute atomic E-state index is 0.0282. The largest absolute Gasteiger partial charge is 0.464 e. The molecule has 3 fully saturated rings. The fraction of sp³-hybridized carbons (Fsp3) is 0.373. The van der Waals surface area contributed by atoms with Gasteiger partial charge in [0.1, 0.15) is 6.61 Å². The van der Waals surface area contributed by atoms with E-state index in [1.165, 1.54) is 33.4 Å². The van der Waals surface area contributed by atoms with Gasteiger partial charge in [0.05, 0.1) is 37.9 Å². The highest BCUT2D eigenvalue weighted by molar-refractivity contribution is 6.31. The lowest BCUT2D eigenvalue weighted by atomic mass is 9.96. The Kier molecular flexibility index (Phi) is 22.9. The summed E-state index contributed by atoms with van der Waals surface area (Å²) < 4.78 is 10.3. The third kappa shape index (κ3) is 16.9. The van der Waals surface area contributed by atoms with Crippen molar-refractivity contribution in [3.8, 4) is 0 Å². The molecule has 72 heavy (non-hydrogen) atoms. The Balaban J connectivity index is 0.000000161. The molecule has 3 aliphatic heterocycles. The van der Waals surface area contributed by atoms with Crippen LogP contribution in [-0.2, 0) is 14.3 Å². The lowest BCUT2D eigenvalue weighted by Crippen LogP contribution is -2.48. The number of hydrogen-bond acceptors (Lipinski definition) is 10. The molecule has 3 aliphatic rings. The molecule has 3 heterocycles. The van der Waals surface area contributed by atoms with Crippen LogP contribution in [0.3, 0.4) is 0 Å². The monoisotopic (exact) mass is 1030 g/mol. The molecular weight excluding hydrogens is 963 g/mol. The van der Waals surface area contributed by atoms with Gasteiger partial charge < -0.3 is 19.9 Å². The second kappa shape index (κ2) is 29.9. The lowest BCUT2D eigenvalue weighted by molar-refractivity contribution is -0.148. The maximum Gasteiger partial charge on any atom is 0.332 e. The van der Waals surface area contributed by atoms with E-state index in [1.54, 1.807) is 6.92 Å². The van der Waals surface area contributed by atoms with Crippen molar-refractivity contribution in [3.63, 3.8) is 0 Å². The third-order valence-corrected chi connectivity index (χ3v) is 14.2. The summed E-state index contributed by atoms with van der Waals surface area (Å²) in [6, 6.07) is 57.4. The summed E-state index contributed by atoms with van der Waals surface area (Å²) in [5.41, 5.74) is 7.79. The molecule has 3 unspecified atom stereocenters. The molecule has 13 heteroatoms. The van der Waals surface area contributed by atoms with E-state index in [1.807, 2.05) is 36.4 Å². The van der Waals surface area contributed by atoms with Gasteiger partial charge in [-0.25, -0.2) is 4.79 Å². The Morgan fingerprint density at radius 2 is 0.819 bits per heavy atom. The number of rotatable bonds is 17. The number of β-amino-alcohol motifs (C(OH)–C–C–N with tert-alkyl or cyclic N) is 1. The van der Waals surface area contributed by atoms with E-state index >= 15 is 0 Å². The van der Waals surface area contributed by atoms with Crippen LogP contribution in [0, 0.1) is 0 Å². The Morgan fingerprint density at radius 3 is 1.17 bits per heavy atom. The molecule has 10 nitrogen and oxygen atoms in total. The molecule has 6 aromatic rings. The van der Waals surface area contributed by atoms with Crippen molar-refractivity contribution in [1.82, 2.24) is 29.8 Å². The van der Waals surface area contributed by atoms with Crippen LogP contribution in [0.15, 0.2) is 164 Å². The molecule has 0 radical (unpaired) electrons. The van der Waals surface area contributed by atoms with Crippen LogP contribution >= 0.6 is 34.8 Å². The zero-order valence-electron chi connectivity index (χ0n) is 41.6. The second-order valence-electron chi connectivity index (χ2n) is 18.2. The summed E-state index contributed by atoms with van der Waals surface area (Å²) in [5, 5.41) is 14.8. The van der Waals surface area contributed by atoms with Crippen LogP contribution in [-0.4, -0.2) is 154 Å². The first-order valence-electron chi connectivity index (χ1n) is 25.4. The number of ether oxygens (including phenoxy) is 2. The standard InChI is InChI=1S/C23H29ClN2O3.C19H23ClN2O.C17H19ClN2/c1-2-29-22(27)18-28-17-16-25-12-14-26(15-13-25)23(19-6-4-3-5-7-19)20-8-10-21(24)11-9-20;20-18-8-6-17(7-9-18)19(16-4-2-1-3-5-16)22-12-10-21(11-13-22)14-15-23;18-16-8-6-15(7-9-16)17(14-4-2-1-3-5-14)20-12-10-19-11-13-20/h3-11,23H,2,12-18H2,1H3;1-9,19,23H,10-15H2;1-9,17,19H,10-13H2. The van der Waals surface area contributed by atoms with Gasteiger partial charge in [0.25, 0.3) is 0 Å². The number of nitrogens with one attached hydrogen (secondary N) is 1. The summed E-state index contributed by atoms with van der Waals surface area (Å²) in [6.45, 7) is 16.7. The Morgan fingerprint density at radius 1 is 0.486 bits per heavy atom. The van der Waals surface area contributed by atoms with Crippen molar-refractivity contribution in [2.75, 3.05) is 118 Å². The molecule has 0 amide bonds. The molecule has 0 aromatic heterocycles. The van der Waals surface area contributed by atoms with Crippen LogP contribution in [0.2, 0.25) is 15.1 Å². The minimum Gasteiger partial charge on any atom is -0.464 e. The molecule has 0 spiro atoms. The van der Waals surface area contributed by atoms with Crippen molar-refractivity contribution in [2.45, 2.75) is 25.0 Å². The molecule has 3 saturated heterocycles. The number of halogens is 3. The maximum atomic E-state index is 11.3. The molecule has 2 N–H and O–H groups in total. The molecule has 9 rings (SSSR count). The van der Waals surface area contributed by atoms with Gasteiger partial charge in [-0.15, -0.1) is 0 Å². The Labute approximate surface area is 443 Å². The summed E-state index contributed by atoms with van der Waals surface area (Å²) in [4.78, 5) is 23.6. The first kappa shape index (κ1) is 55.1. The van der Waals surface area contributed by atoms with Crippen molar-refractivity contribution in [3.05, 3.63) is 212 Å². The van der Waals surface area contributed by atoms with Gasteiger partial charge in [-0.3, -0.25) is 24.5 Å². The van der Waals surface area contributed by atoms with Crippen molar-refractivity contribution < 1.29 is 19.4 Å². The summed E-state index contributed by atoms with van der Waals surface area (Å²) in [5.74, 6) is -0.300. The predicted molar refractivity (Wildman–Crippen MR) is 294 cm³/mol. The highest BCUT2D eigenvalue weighted by atomic mass is 35.5. The quantitative estimate of drug-likeness (QED) is 0.0681. The van der Waals surface area contributed by atoms with E-state index in [4.69, 9.17) is 49.4 Å². The van der Waals surface area contributed by atoms with Crippen molar-refractivity contribution in [2.24, 2.45) is 0 Å². The van der Waals surface area contributed by atoms with E-state index in [2.05, 4.69) is 157 Å². The van der Waals surface area contributed by atoms with Crippen LogP contribution in [0.1, 0.15) is 58.4 Å². The van der Waals surface area contributed by atoms with Crippen LogP contribution in [0.25, 0.3) is 0 Å². The van der Waals surface area contributed by atoms with Crippen LogP contribution in [0.4, 0.5) is 0 Å². The number of esters is 1. The fourth-order valence-corrected chi connectivity index (χ4v) is 10.2. The first-order valence-corrected chi connectivity index (χ1v) is 26.6. The van der Waals surface area contributed by atoms with Gasteiger partial charge in [-0.1, -0.05) is 162 Å². The topological polar surface area (TPSA) is 84.0 Å². The van der Waals surface area contributed by atoms with Crippen LogP contribution < -0.4 is 5.32 Å². The highest BCUT2D eigenvalue weighted by Gasteiger charge is 2.28. The number of nitrogens with zero attached hydrogens (tertiary/aromatic N) is 5. The second-order valence-corrected chi connectivity index (χ2v) is 19.5. The van der Waals surface area contributed by atoms with E-state index in [0.29, 0.717) is 19.3 Å². The Bertz CT molecular complexity index is 2420. The van der Waals surface area contributed by atoms with E-state index in [-0.39, 0.29) is 31.3 Å². The smallest absolute Gasteiger partial charge is 0.332 e. The maximum absolute atomic E-state index is 11.3. The van der Waals surface area contributed by atoms with Crippen molar-refractivity contribution >= 4 is 40.8 Å². The summed E-state index contributed by atoms with van der Waals surface area (Å²) in [6.07, 6.45) is 0. The first-order chi connectivity index (χ1) is 35.3. The van der Waals surface area contributed by atoms with Gasteiger partial charge in [-0.2, -0.15) is 0 Å². The average Bonchev–Trinajstić information content (AvgIpc) is 3.42. The van der Waals surface area contributed by atoms with E-state index in [9.17, 15) is 4.79 Å². The zero-order valence-corrected chi connectivity index (χ0v) is 43.9. The predicted octanol–water partition coefficient (Wildman–Crippen LogP) is 10.0. The molecule has 3 atom stereocenters. The Hall–Kier alpha value is -4.66. The minimum atomic E-state index is -0.300. The average molecular weight is 1030 g/mol. The number of carbonyl (C=O) groups is 1. The van der Waals surface area contributed by atoms with Gasteiger partial charge in [-0.05, 0) is 76.7 Å². The third-order valence-electron chi connectivity index (χ3n) is 13.5. The fourth-order valence-electron chi connectivity index (χ4n) is 9.81.